The summed E-state index contributed by atoms with van der Waals surface area (Å²) in [6.45, 7) is -0.0218. The van der Waals surface area contributed by atoms with Crippen molar-refractivity contribution in [1.82, 2.24) is 14.5 Å². The maximum absolute atomic E-state index is 13.4. The van der Waals surface area contributed by atoms with Gasteiger partial charge in [0.05, 0.1) is 24.6 Å². The molecule has 1 unspecified atom stereocenters. The predicted molar refractivity (Wildman–Crippen MR) is 113 cm³/mol. The number of anilines is 1. The van der Waals surface area contributed by atoms with Crippen molar-refractivity contribution in [2.45, 2.75) is 25.2 Å². The zero-order valence-corrected chi connectivity index (χ0v) is 17.3. The smallest absolute Gasteiger partial charge is 0.409 e. The second-order valence-corrected chi connectivity index (χ2v) is 8.52. The molecule has 3 heterocycles. The van der Waals surface area contributed by atoms with Crippen LogP contribution in [0.25, 0.3) is 0 Å². The Balaban J connectivity index is 1.44. The van der Waals surface area contributed by atoms with E-state index in [-0.39, 0.29) is 6.61 Å². The van der Waals surface area contributed by atoms with E-state index < -0.39 is 31.3 Å². The number of hydrogen-bond donors (Lipinski definition) is 2. The van der Waals surface area contributed by atoms with E-state index in [1.54, 1.807) is 42.6 Å². The second kappa shape index (κ2) is 9.30. The quantitative estimate of drug-likeness (QED) is 0.508. The zero-order chi connectivity index (χ0) is 21.7. The number of ether oxygens (including phenoxy) is 1. The van der Waals surface area contributed by atoms with Gasteiger partial charge in [0.2, 0.25) is 0 Å². The van der Waals surface area contributed by atoms with Crippen LogP contribution in [0.4, 0.5) is 5.69 Å². The van der Waals surface area contributed by atoms with E-state index in [4.69, 9.17) is 13.8 Å². The summed E-state index contributed by atoms with van der Waals surface area (Å²) in [6, 6.07) is 13.3. The van der Waals surface area contributed by atoms with E-state index in [1.807, 2.05) is 6.07 Å². The molecule has 162 valence electrons. The van der Waals surface area contributed by atoms with Crippen LogP contribution in [0, 0.1) is 0 Å². The van der Waals surface area contributed by atoms with Gasteiger partial charge in [0.15, 0.2) is 0 Å². The molecule has 0 aliphatic carbocycles. The Bertz CT molecular complexity index is 1120. The third-order valence-electron chi connectivity index (χ3n) is 4.57. The van der Waals surface area contributed by atoms with E-state index >= 15 is 0 Å². The topological polar surface area (TPSA) is 125 Å². The van der Waals surface area contributed by atoms with Crippen molar-refractivity contribution in [3.05, 3.63) is 88.0 Å². The highest BCUT2D eigenvalue weighted by molar-refractivity contribution is 7.55. The Hall–Kier alpha value is -3.20. The number of nitrogens with zero attached hydrogens (tertiary/aromatic N) is 2. The Morgan fingerprint density at radius 2 is 2.00 bits per heavy atom. The molecular formula is C20H21N4O6P. The summed E-state index contributed by atoms with van der Waals surface area (Å²) in [6.07, 6.45) is 4.66. The minimum atomic E-state index is -3.81. The van der Waals surface area contributed by atoms with Gasteiger partial charge in [0, 0.05) is 18.5 Å². The summed E-state index contributed by atoms with van der Waals surface area (Å²) >= 11 is 0. The maximum Gasteiger partial charge on any atom is 0.486 e. The van der Waals surface area contributed by atoms with E-state index in [0.29, 0.717) is 24.3 Å². The molecule has 3 atom stereocenters. The first-order chi connectivity index (χ1) is 15.0. The van der Waals surface area contributed by atoms with Crippen LogP contribution in [0.5, 0.6) is 5.75 Å². The molecule has 2 N–H and O–H groups in total. The van der Waals surface area contributed by atoms with Crippen molar-refractivity contribution >= 4 is 13.4 Å². The van der Waals surface area contributed by atoms with Crippen LogP contribution in [0.2, 0.25) is 0 Å². The van der Waals surface area contributed by atoms with Gasteiger partial charge in [-0.3, -0.25) is 28.9 Å². The van der Waals surface area contributed by atoms with Gasteiger partial charge in [-0.15, -0.1) is 0 Å². The largest absolute Gasteiger partial charge is 0.486 e. The Labute approximate surface area is 177 Å². The molecule has 0 saturated carbocycles. The van der Waals surface area contributed by atoms with Crippen molar-refractivity contribution in [3.8, 4) is 5.75 Å². The van der Waals surface area contributed by atoms with Gasteiger partial charge in [-0.05, 0) is 37.1 Å². The molecule has 2 aromatic heterocycles. The lowest BCUT2D eigenvalue weighted by Gasteiger charge is -2.22. The molecule has 31 heavy (non-hydrogen) atoms. The summed E-state index contributed by atoms with van der Waals surface area (Å²) in [4.78, 5) is 29.4. The molecule has 1 aliphatic rings. The minimum Gasteiger partial charge on any atom is -0.409 e. The second-order valence-electron chi connectivity index (χ2n) is 6.86. The number of hydrogen-bond acceptors (Lipinski definition) is 7. The lowest BCUT2D eigenvalue weighted by atomic mass is 10.2. The van der Waals surface area contributed by atoms with Gasteiger partial charge in [-0.25, -0.2) is 9.36 Å². The molecule has 1 saturated heterocycles. The highest BCUT2D eigenvalue weighted by Crippen LogP contribution is 2.48. The zero-order valence-electron chi connectivity index (χ0n) is 16.4. The standard InChI is InChI=1S/C20H21N4O6P/c25-18-10-12-24(20(26)22-18)19-9-8-17(29-19)14-28-31(27,23-15-5-4-11-21-13-15)30-16-6-2-1-3-7-16/h1-7,10-13,17,19H,8-9,14H2,(H,23,27)(H,22,25,26)/t17-,19+,31?/m0/s1. The first kappa shape index (κ1) is 21.0. The van der Waals surface area contributed by atoms with Crippen LogP contribution in [-0.4, -0.2) is 27.2 Å². The fourth-order valence-corrected chi connectivity index (χ4v) is 4.51. The normalized spacial score (nSPS) is 20.1. The van der Waals surface area contributed by atoms with Crippen molar-refractivity contribution in [2.75, 3.05) is 11.7 Å². The fraction of sp³-hybridized carbons (Fsp3) is 0.250. The predicted octanol–water partition coefficient (Wildman–Crippen LogP) is 2.93. The van der Waals surface area contributed by atoms with Crippen molar-refractivity contribution in [2.24, 2.45) is 0 Å². The van der Waals surface area contributed by atoms with Crippen LogP contribution >= 0.6 is 7.75 Å². The van der Waals surface area contributed by atoms with E-state index in [2.05, 4.69) is 15.1 Å². The van der Waals surface area contributed by atoms with E-state index in [0.717, 1.165) is 0 Å². The summed E-state index contributed by atoms with van der Waals surface area (Å²) in [5, 5.41) is 2.78. The van der Waals surface area contributed by atoms with E-state index in [1.165, 1.54) is 23.0 Å². The SMILES string of the molecule is O=c1ccn([C@H]2CC[C@@H](COP(=O)(Nc3cccnc3)Oc3ccccc3)O2)c(=O)[nH]1. The molecule has 1 aliphatic heterocycles. The van der Waals surface area contributed by atoms with Crippen molar-refractivity contribution in [1.29, 1.82) is 0 Å². The molecule has 0 radical (unpaired) electrons. The summed E-state index contributed by atoms with van der Waals surface area (Å²) < 4.78 is 31.9. The number of rotatable bonds is 8. The third-order valence-corrected chi connectivity index (χ3v) is 6.05. The summed E-state index contributed by atoms with van der Waals surface area (Å²) in [5.41, 5.74) is -0.540. The average Bonchev–Trinajstić information content (AvgIpc) is 3.22. The first-order valence-electron chi connectivity index (χ1n) is 9.65. The van der Waals surface area contributed by atoms with Gasteiger partial charge in [0.25, 0.3) is 5.56 Å². The van der Waals surface area contributed by atoms with Crippen LogP contribution in [0.1, 0.15) is 19.1 Å². The Kier molecular flexibility index (Phi) is 6.31. The molecule has 0 amide bonds. The molecule has 3 aromatic rings. The van der Waals surface area contributed by atoms with Crippen molar-refractivity contribution < 1.29 is 18.3 Å². The first-order valence-corrected chi connectivity index (χ1v) is 11.2. The van der Waals surface area contributed by atoms with Gasteiger partial charge >= 0.3 is 13.4 Å². The monoisotopic (exact) mass is 444 g/mol. The molecule has 0 spiro atoms. The molecule has 4 rings (SSSR count). The average molecular weight is 444 g/mol. The molecule has 1 fully saturated rings. The van der Waals surface area contributed by atoms with Gasteiger partial charge in [0.1, 0.15) is 12.0 Å². The molecule has 1 aromatic carbocycles. The number of nitrogens with one attached hydrogen (secondary N) is 2. The number of aromatic nitrogens is 3. The molecular weight excluding hydrogens is 423 g/mol. The van der Waals surface area contributed by atoms with E-state index in [9.17, 15) is 14.2 Å². The highest BCUT2D eigenvalue weighted by Gasteiger charge is 2.33. The Morgan fingerprint density at radius 1 is 1.16 bits per heavy atom. The maximum atomic E-state index is 13.4. The Morgan fingerprint density at radius 3 is 2.74 bits per heavy atom. The number of H-pyrrole nitrogens is 1. The third kappa shape index (κ3) is 5.49. The van der Waals surface area contributed by atoms with Gasteiger partial charge < -0.3 is 9.26 Å². The van der Waals surface area contributed by atoms with Gasteiger partial charge in [-0.2, -0.15) is 0 Å². The molecule has 10 nitrogen and oxygen atoms in total. The number of pyridine rings is 1. The lowest BCUT2D eigenvalue weighted by Crippen LogP contribution is -2.31. The van der Waals surface area contributed by atoms with Crippen LogP contribution in [0.15, 0.2) is 76.7 Å². The summed E-state index contributed by atoms with van der Waals surface area (Å²) in [5.74, 6) is 0.382. The molecule has 0 bridgehead atoms. The van der Waals surface area contributed by atoms with Crippen LogP contribution < -0.4 is 20.9 Å². The van der Waals surface area contributed by atoms with Gasteiger partial charge in [-0.1, -0.05) is 18.2 Å². The van der Waals surface area contributed by atoms with Crippen LogP contribution in [-0.2, 0) is 13.8 Å². The van der Waals surface area contributed by atoms with Crippen LogP contribution in [0.3, 0.4) is 0 Å². The fourth-order valence-electron chi connectivity index (χ4n) is 3.14. The minimum absolute atomic E-state index is 0.0218. The lowest BCUT2D eigenvalue weighted by molar-refractivity contribution is -0.0210. The highest BCUT2D eigenvalue weighted by atomic mass is 31.2. The summed E-state index contributed by atoms with van der Waals surface area (Å²) in [7, 11) is -3.81. The van der Waals surface area contributed by atoms with Crippen molar-refractivity contribution in [3.63, 3.8) is 0 Å². The number of aromatic amines is 1. The number of para-hydroxylation sites is 1. The number of benzene rings is 1. The molecule has 11 heteroatoms.